The van der Waals surface area contributed by atoms with Crippen molar-refractivity contribution < 1.29 is 14.0 Å². The Morgan fingerprint density at radius 2 is 1.90 bits per heavy atom. The Balaban J connectivity index is 1.79. The summed E-state index contributed by atoms with van der Waals surface area (Å²) in [5.74, 6) is 1.02. The quantitative estimate of drug-likeness (QED) is 0.712. The molecule has 2 N–H and O–H groups in total. The molecule has 1 aliphatic heterocycles. The summed E-state index contributed by atoms with van der Waals surface area (Å²) in [6.07, 6.45) is 2.89. The molecule has 8 heteroatoms. The van der Waals surface area contributed by atoms with Gasteiger partial charge in [-0.25, -0.2) is 9.67 Å². The summed E-state index contributed by atoms with van der Waals surface area (Å²) in [6.45, 7) is 8.86. The molecule has 3 aromatic rings. The van der Waals surface area contributed by atoms with Crippen LogP contribution in [0.5, 0.6) is 0 Å². The highest BCUT2D eigenvalue weighted by molar-refractivity contribution is 6.06. The number of pyridine rings is 1. The molecule has 0 aliphatic carbocycles. The molecule has 0 atom stereocenters. The lowest BCUT2D eigenvalue weighted by Crippen LogP contribution is -2.41. The van der Waals surface area contributed by atoms with Gasteiger partial charge in [-0.1, -0.05) is 0 Å². The zero-order valence-electron chi connectivity index (χ0n) is 17.8. The SMILES string of the molecule is Cc1cc(-c2cc(C(=O)N3CCC(C(N)=O)CC3)c3cnn(C(C)C)c3n2)c(C)o1. The van der Waals surface area contributed by atoms with Crippen LogP contribution in [0.3, 0.4) is 0 Å². The number of primary amides is 1. The van der Waals surface area contributed by atoms with Gasteiger partial charge in [-0.05, 0) is 52.7 Å². The number of rotatable bonds is 4. The van der Waals surface area contributed by atoms with Crippen LogP contribution in [0.15, 0.2) is 22.7 Å². The summed E-state index contributed by atoms with van der Waals surface area (Å²) in [5.41, 5.74) is 8.24. The maximum absolute atomic E-state index is 13.5. The average molecular weight is 409 g/mol. The monoisotopic (exact) mass is 409 g/mol. The van der Waals surface area contributed by atoms with Gasteiger partial charge >= 0.3 is 0 Å². The molecule has 3 aromatic heterocycles. The van der Waals surface area contributed by atoms with E-state index < -0.39 is 0 Å². The second-order valence-electron chi connectivity index (χ2n) is 8.27. The zero-order valence-corrected chi connectivity index (χ0v) is 17.8. The fourth-order valence-electron chi connectivity index (χ4n) is 4.13. The molecule has 30 heavy (non-hydrogen) atoms. The molecular weight excluding hydrogens is 382 g/mol. The fraction of sp³-hybridized carbons (Fsp3) is 0.455. The molecule has 0 unspecified atom stereocenters. The first-order valence-corrected chi connectivity index (χ1v) is 10.3. The number of nitrogens with zero attached hydrogens (tertiary/aromatic N) is 4. The van der Waals surface area contributed by atoms with Crippen molar-refractivity contribution >= 4 is 22.8 Å². The number of amides is 2. The molecule has 4 rings (SSSR count). The third-order valence-electron chi connectivity index (χ3n) is 5.79. The molecule has 0 spiro atoms. The van der Waals surface area contributed by atoms with Gasteiger partial charge in [-0.3, -0.25) is 9.59 Å². The van der Waals surface area contributed by atoms with Gasteiger partial charge in [0.2, 0.25) is 5.91 Å². The van der Waals surface area contributed by atoms with Gasteiger partial charge in [-0.2, -0.15) is 5.10 Å². The number of fused-ring (bicyclic) bond motifs is 1. The minimum Gasteiger partial charge on any atom is -0.466 e. The van der Waals surface area contributed by atoms with E-state index in [0.29, 0.717) is 42.8 Å². The predicted octanol–water partition coefficient (Wildman–Crippen LogP) is 3.23. The Morgan fingerprint density at radius 1 is 1.20 bits per heavy atom. The van der Waals surface area contributed by atoms with Gasteiger partial charge in [0, 0.05) is 30.6 Å². The molecule has 1 aliphatic rings. The number of furan rings is 1. The lowest BCUT2D eigenvalue weighted by atomic mass is 9.95. The van der Waals surface area contributed by atoms with Crippen molar-refractivity contribution in [2.75, 3.05) is 13.1 Å². The van der Waals surface area contributed by atoms with Crippen LogP contribution in [0, 0.1) is 19.8 Å². The number of hydrogen-bond donors (Lipinski definition) is 1. The van der Waals surface area contributed by atoms with E-state index in [2.05, 4.69) is 5.10 Å². The first kappa shape index (κ1) is 20.1. The molecule has 1 fully saturated rings. The zero-order chi connectivity index (χ0) is 21.6. The van der Waals surface area contributed by atoms with Crippen molar-refractivity contribution in [1.29, 1.82) is 0 Å². The van der Waals surface area contributed by atoms with Crippen molar-refractivity contribution in [1.82, 2.24) is 19.7 Å². The number of hydrogen-bond acceptors (Lipinski definition) is 5. The van der Waals surface area contributed by atoms with E-state index in [1.54, 1.807) is 11.1 Å². The minimum atomic E-state index is -0.292. The summed E-state index contributed by atoms with van der Waals surface area (Å²) in [5, 5.41) is 5.21. The van der Waals surface area contributed by atoms with Crippen molar-refractivity contribution in [3.63, 3.8) is 0 Å². The van der Waals surface area contributed by atoms with E-state index in [1.165, 1.54) is 0 Å². The largest absolute Gasteiger partial charge is 0.466 e. The van der Waals surface area contributed by atoms with Gasteiger partial charge in [0.25, 0.3) is 5.91 Å². The molecule has 2 amide bonds. The van der Waals surface area contributed by atoms with Gasteiger partial charge in [-0.15, -0.1) is 0 Å². The Morgan fingerprint density at radius 3 is 2.47 bits per heavy atom. The smallest absolute Gasteiger partial charge is 0.254 e. The van der Waals surface area contributed by atoms with Gasteiger partial charge in [0.1, 0.15) is 11.5 Å². The van der Waals surface area contributed by atoms with Crippen LogP contribution in [0.25, 0.3) is 22.3 Å². The van der Waals surface area contributed by atoms with E-state index in [4.69, 9.17) is 15.1 Å². The average Bonchev–Trinajstić information content (AvgIpc) is 3.29. The maximum Gasteiger partial charge on any atom is 0.254 e. The summed E-state index contributed by atoms with van der Waals surface area (Å²) < 4.78 is 7.52. The first-order chi connectivity index (χ1) is 14.3. The van der Waals surface area contributed by atoms with Gasteiger partial charge in [0.05, 0.1) is 22.8 Å². The number of aromatic nitrogens is 3. The number of piperidine rings is 1. The van der Waals surface area contributed by atoms with Crippen molar-refractivity contribution in [3.8, 4) is 11.3 Å². The standard InChI is InChI=1S/C22H27N5O3/c1-12(2)27-21-18(11-24-27)17(10-19(25-21)16-9-13(3)30-14(16)4)22(29)26-7-5-15(6-8-26)20(23)28/h9-12,15H,5-8H2,1-4H3,(H2,23,28). The summed E-state index contributed by atoms with van der Waals surface area (Å²) in [7, 11) is 0. The highest BCUT2D eigenvalue weighted by Crippen LogP contribution is 2.31. The Hall–Kier alpha value is -3.16. The van der Waals surface area contributed by atoms with Crippen LogP contribution >= 0.6 is 0 Å². The predicted molar refractivity (Wildman–Crippen MR) is 113 cm³/mol. The van der Waals surface area contributed by atoms with Crippen LogP contribution in [0.2, 0.25) is 0 Å². The van der Waals surface area contributed by atoms with E-state index in [1.807, 2.05) is 44.5 Å². The summed E-state index contributed by atoms with van der Waals surface area (Å²) in [4.78, 5) is 31.6. The molecule has 0 bridgehead atoms. The topological polar surface area (TPSA) is 107 Å². The molecule has 158 valence electrons. The van der Waals surface area contributed by atoms with Gasteiger partial charge < -0.3 is 15.1 Å². The molecule has 0 radical (unpaired) electrons. The number of aryl methyl sites for hydroxylation is 2. The lowest BCUT2D eigenvalue weighted by molar-refractivity contribution is -0.123. The van der Waals surface area contributed by atoms with Crippen molar-refractivity contribution in [2.24, 2.45) is 11.7 Å². The molecular formula is C22H27N5O3. The third kappa shape index (κ3) is 3.46. The highest BCUT2D eigenvalue weighted by Gasteiger charge is 2.29. The molecule has 8 nitrogen and oxygen atoms in total. The van der Waals surface area contributed by atoms with Crippen LogP contribution in [0.1, 0.15) is 54.6 Å². The maximum atomic E-state index is 13.5. The molecule has 4 heterocycles. The van der Waals surface area contributed by atoms with Gasteiger partial charge in [0.15, 0.2) is 5.65 Å². The van der Waals surface area contributed by atoms with E-state index in [0.717, 1.165) is 22.5 Å². The molecule has 0 saturated carbocycles. The highest BCUT2D eigenvalue weighted by atomic mass is 16.3. The summed E-state index contributed by atoms with van der Waals surface area (Å²) >= 11 is 0. The molecule has 0 aromatic carbocycles. The Bertz CT molecular complexity index is 1120. The Kier molecular flexibility index (Phi) is 5.09. The number of carbonyl (C=O) groups excluding carboxylic acids is 2. The number of carbonyl (C=O) groups is 2. The van der Waals surface area contributed by atoms with Crippen LogP contribution in [-0.2, 0) is 4.79 Å². The first-order valence-electron chi connectivity index (χ1n) is 10.3. The Labute approximate surface area is 175 Å². The summed E-state index contributed by atoms with van der Waals surface area (Å²) in [6, 6.07) is 3.87. The molecule has 1 saturated heterocycles. The second-order valence-corrected chi connectivity index (χ2v) is 8.27. The second kappa shape index (κ2) is 7.59. The van der Waals surface area contributed by atoms with E-state index in [-0.39, 0.29) is 23.8 Å². The normalized spacial score (nSPS) is 15.3. The van der Waals surface area contributed by atoms with Crippen LogP contribution < -0.4 is 5.73 Å². The fourth-order valence-corrected chi connectivity index (χ4v) is 4.13. The minimum absolute atomic E-state index is 0.0762. The van der Waals surface area contributed by atoms with E-state index >= 15 is 0 Å². The van der Waals surface area contributed by atoms with Crippen molar-refractivity contribution in [2.45, 2.75) is 46.6 Å². The van der Waals surface area contributed by atoms with Crippen molar-refractivity contribution in [3.05, 3.63) is 35.4 Å². The third-order valence-corrected chi connectivity index (χ3v) is 5.79. The van der Waals surface area contributed by atoms with E-state index in [9.17, 15) is 9.59 Å². The van der Waals surface area contributed by atoms with Crippen LogP contribution in [-0.4, -0.2) is 44.6 Å². The number of nitrogens with two attached hydrogens (primary N) is 1. The number of likely N-dealkylation sites (tertiary alicyclic amines) is 1. The lowest BCUT2D eigenvalue weighted by Gasteiger charge is -2.30. The van der Waals surface area contributed by atoms with Crippen LogP contribution in [0.4, 0.5) is 0 Å².